The van der Waals surface area contributed by atoms with Crippen LogP contribution in [0.4, 0.5) is 0 Å². The van der Waals surface area contributed by atoms with Crippen LogP contribution in [0.15, 0.2) is 90.5 Å². The maximum absolute atomic E-state index is 2.46. The lowest BCUT2D eigenvalue weighted by molar-refractivity contribution is 0.289. The molecular formula is C35H40. The Hall–Kier alpha value is -2.86. The first-order valence-electron chi connectivity index (χ1n) is 13.7. The topological polar surface area (TPSA) is 0 Å². The molecular weight excluding hydrogens is 420 g/mol. The Bertz CT molecular complexity index is 1180. The van der Waals surface area contributed by atoms with E-state index in [0.717, 1.165) is 37.5 Å². The van der Waals surface area contributed by atoms with Crippen LogP contribution in [-0.2, 0) is 19.3 Å². The number of aryl methyl sites for hydroxylation is 2. The van der Waals surface area contributed by atoms with Crippen LogP contribution in [-0.4, -0.2) is 0 Å². The van der Waals surface area contributed by atoms with E-state index in [2.05, 4.69) is 98.8 Å². The van der Waals surface area contributed by atoms with Crippen LogP contribution in [0.5, 0.6) is 0 Å². The monoisotopic (exact) mass is 460 g/mol. The Morgan fingerprint density at radius 2 is 1.40 bits per heavy atom. The largest absolute Gasteiger partial charge is 0.0655 e. The predicted molar refractivity (Wildman–Crippen MR) is 151 cm³/mol. The number of rotatable bonds is 8. The zero-order valence-corrected chi connectivity index (χ0v) is 21.6. The van der Waals surface area contributed by atoms with Crippen molar-refractivity contribution in [1.29, 1.82) is 0 Å². The first-order chi connectivity index (χ1) is 17.1. The van der Waals surface area contributed by atoms with E-state index in [1.807, 2.05) is 0 Å². The number of hydrogen-bond acceptors (Lipinski definition) is 0. The van der Waals surface area contributed by atoms with Crippen molar-refractivity contribution in [2.75, 3.05) is 0 Å². The molecule has 0 spiro atoms. The van der Waals surface area contributed by atoms with E-state index in [9.17, 15) is 0 Å². The summed E-state index contributed by atoms with van der Waals surface area (Å²) in [4.78, 5) is 0. The molecule has 0 saturated heterocycles. The van der Waals surface area contributed by atoms with Crippen LogP contribution in [0.3, 0.4) is 0 Å². The van der Waals surface area contributed by atoms with Crippen molar-refractivity contribution in [2.24, 2.45) is 11.8 Å². The van der Waals surface area contributed by atoms with Gasteiger partial charge in [0.25, 0.3) is 0 Å². The Labute approximate surface area is 212 Å². The molecule has 0 radical (unpaired) electrons. The van der Waals surface area contributed by atoms with Crippen molar-refractivity contribution in [2.45, 2.75) is 71.6 Å². The van der Waals surface area contributed by atoms with Gasteiger partial charge in [-0.05, 0) is 97.1 Å². The van der Waals surface area contributed by atoms with Gasteiger partial charge in [0.15, 0.2) is 0 Å². The molecule has 0 bridgehead atoms. The highest BCUT2D eigenvalue weighted by Crippen LogP contribution is 2.32. The van der Waals surface area contributed by atoms with Crippen molar-refractivity contribution in [3.8, 4) is 0 Å². The van der Waals surface area contributed by atoms with Crippen LogP contribution in [0.2, 0.25) is 0 Å². The van der Waals surface area contributed by atoms with Gasteiger partial charge < -0.3 is 0 Å². The molecule has 180 valence electrons. The second-order valence-electron chi connectivity index (χ2n) is 11.2. The quantitative estimate of drug-likeness (QED) is 0.314. The van der Waals surface area contributed by atoms with Gasteiger partial charge in [0.1, 0.15) is 0 Å². The molecule has 0 aromatic heterocycles. The molecule has 1 fully saturated rings. The molecule has 0 heteroatoms. The van der Waals surface area contributed by atoms with Crippen molar-refractivity contribution in [1.82, 2.24) is 0 Å². The molecule has 5 rings (SSSR count). The SMILES string of the molecule is Cc1ccc(CCC2=CC=C(c3cccc(Cc4cccc(CC5CCC(C)CC5)c4)c3)C2)cc1. The summed E-state index contributed by atoms with van der Waals surface area (Å²) in [5.74, 6) is 1.81. The van der Waals surface area contributed by atoms with Crippen molar-refractivity contribution >= 4 is 5.57 Å². The second-order valence-corrected chi connectivity index (χ2v) is 11.2. The Balaban J connectivity index is 1.16. The second kappa shape index (κ2) is 11.3. The van der Waals surface area contributed by atoms with Gasteiger partial charge >= 0.3 is 0 Å². The zero-order valence-electron chi connectivity index (χ0n) is 21.6. The Morgan fingerprint density at radius 3 is 2.20 bits per heavy atom. The van der Waals surface area contributed by atoms with E-state index in [0.29, 0.717) is 0 Å². The van der Waals surface area contributed by atoms with Gasteiger partial charge in [-0.2, -0.15) is 0 Å². The lowest BCUT2D eigenvalue weighted by Gasteiger charge is -2.26. The van der Waals surface area contributed by atoms with Crippen LogP contribution in [0.25, 0.3) is 5.57 Å². The van der Waals surface area contributed by atoms with Gasteiger partial charge in [-0.15, -0.1) is 0 Å². The van der Waals surface area contributed by atoms with Gasteiger partial charge in [0.05, 0.1) is 0 Å². The van der Waals surface area contributed by atoms with Gasteiger partial charge in [-0.1, -0.05) is 116 Å². The molecule has 0 aliphatic heterocycles. The molecule has 0 heterocycles. The molecule has 3 aromatic carbocycles. The fraction of sp³-hybridized carbons (Fsp3) is 0.371. The third kappa shape index (κ3) is 6.63. The molecule has 0 unspecified atom stereocenters. The van der Waals surface area contributed by atoms with Gasteiger partial charge in [-0.3, -0.25) is 0 Å². The average molecular weight is 461 g/mol. The summed E-state index contributed by atoms with van der Waals surface area (Å²) in [5.41, 5.74) is 11.6. The lowest BCUT2D eigenvalue weighted by atomic mass is 9.80. The molecule has 2 aliphatic rings. The van der Waals surface area contributed by atoms with Crippen LogP contribution in [0, 0.1) is 18.8 Å². The molecule has 2 aliphatic carbocycles. The van der Waals surface area contributed by atoms with E-state index < -0.39 is 0 Å². The molecule has 0 atom stereocenters. The zero-order chi connectivity index (χ0) is 24.0. The summed E-state index contributed by atoms with van der Waals surface area (Å²) in [6, 6.07) is 27.6. The molecule has 1 saturated carbocycles. The predicted octanol–water partition coefficient (Wildman–Crippen LogP) is 9.30. The molecule has 0 nitrogen and oxygen atoms in total. The van der Waals surface area contributed by atoms with E-state index in [1.54, 1.807) is 5.57 Å². The summed E-state index contributed by atoms with van der Waals surface area (Å²) < 4.78 is 0. The van der Waals surface area contributed by atoms with Crippen LogP contribution >= 0.6 is 0 Å². The third-order valence-electron chi connectivity index (χ3n) is 8.15. The maximum Gasteiger partial charge on any atom is -0.00255 e. The maximum atomic E-state index is 2.46. The highest BCUT2D eigenvalue weighted by molar-refractivity contribution is 5.72. The fourth-order valence-corrected chi connectivity index (χ4v) is 5.86. The highest BCUT2D eigenvalue weighted by Gasteiger charge is 2.18. The molecule has 35 heavy (non-hydrogen) atoms. The van der Waals surface area contributed by atoms with Crippen molar-refractivity contribution in [3.05, 3.63) is 124 Å². The fourth-order valence-electron chi connectivity index (χ4n) is 5.86. The van der Waals surface area contributed by atoms with E-state index >= 15 is 0 Å². The highest BCUT2D eigenvalue weighted by atomic mass is 14.2. The minimum absolute atomic E-state index is 0.881. The first-order valence-corrected chi connectivity index (χ1v) is 13.7. The Kier molecular flexibility index (Phi) is 7.67. The number of allylic oxidation sites excluding steroid dienone is 4. The summed E-state index contributed by atoms with van der Waals surface area (Å²) in [6.45, 7) is 4.57. The summed E-state index contributed by atoms with van der Waals surface area (Å²) in [5, 5.41) is 0. The summed E-state index contributed by atoms with van der Waals surface area (Å²) >= 11 is 0. The summed E-state index contributed by atoms with van der Waals surface area (Å²) in [6.07, 6.45) is 16.0. The minimum atomic E-state index is 0.881. The summed E-state index contributed by atoms with van der Waals surface area (Å²) in [7, 11) is 0. The molecule has 3 aromatic rings. The first kappa shape index (κ1) is 23.9. The third-order valence-corrected chi connectivity index (χ3v) is 8.15. The van der Waals surface area contributed by atoms with E-state index in [-0.39, 0.29) is 0 Å². The number of hydrogen-bond donors (Lipinski definition) is 0. The smallest absolute Gasteiger partial charge is 0.00255 e. The minimum Gasteiger partial charge on any atom is -0.0655 e. The van der Waals surface area contributed by atoms with E-state index in [4.69, 9.17) is 0 Å². The van der Waals surface area contributed by atoms with Gasteiger partial charge in [-0.25, -0.2) is 0 Å². The number of benzene rings is 3. The van der Waals surface area contributed by atoms with E-state index in [1.165, 1.54) is 71.1 Å². The van der Waals surface area contributed by atoms with Crippen molar-refractivity contribution in [3.63, 3.8) is 0 Å². The normalized spacial score (nSPS) is 19.9. The van der Waals surface area contributed by atoms with Gasteiger partial charge in [0.2, 0.25) is 0 Å². The molecule has 0 N–H and O–H groups in total. The van der Waals surface area contributed by atoms with Crippen LogP contribution in [0.1, 0.15) is 78.8 Å². The lowest BCUT2D eigenvalue weighted by Crippen LogP contribution is -2.14. The van der Waals surface area contributed by atoms with Crippen molar-refractivity contribution < 1.29 is 0 Å². The Morgan fingerprint density at radius 1 is 0.686 bits per heavy atom. The molecule has 0 amide bonds. The van der Waals surface area contributed by atoms with Gasteiger partial charge in [0, 0.05) is 0 Å². The standard InChI is InChI=1S/C35H40/c1-26-9-13-28(14-10-26)17-18-30-19-20-35(24-30)34-8-4-7-33(25-34)23-32-6-3-5-31(22-32)21-29-15-11-27(2)12-16-29/h3-10,13-14,19-20,22,25,27,29H,11-12,15-18,21,23-24H2,1-2H3. The van der Waals surface area contributed by atoms with Crippen LogP contribution < -0.4 is 0 Å². The average Bonchev–Trinajstić information content (AvgIpc) is 3.35.